The van der Waals surface area contributed by atoms with Crippen molar-refractivity contribution in [3.8, 4) is 0 Å². The van der Waals surface area contributed by atoms with Crippen molar-refractivity contribution in [2.24, 2.45) is 0 Å². The molecule has 4 rings (SSSR count). The van der Waals surface area contributed by atoms with E-state index in [0.717, 1.165) is 27.6 Å². The van der Waals surface area contributed by atoms with Gasteiger partial charge in [0, 0.05) is 42.8 Å². The summed E-state index contributed by atoms with van der Waals surface area (Å²) in [5.74, 6) is 0.529. The summed E-state index contributed by atoms with van der Waals surface area (Å²) in [6, 6.07) is 8.19. The molecule has 6 nitrogen and oxygen atoms in total. The number of hydrogen-bond acceptors (Lipinski definition) is 3. The number of amides is 2. The van der Waals surface area contributed by atoms with Crippen LogP contribution in [-0.2, 0) is 16.0 Å². The van der Waals surface area contributed by atoms with E-state index in [1.54, 1.807) is 23.2 Å². The maximum absolute atomic E-state index is 12.7. The first kappa shape index (κ1) is 18.9. The van der Waals surface area contributed by atoms with E-state index in [1.165, 1.54) is 5.56 Å². The van der Waals surface area contributed by atoms with Crippen molar-refractivity contribution in [2.75, 3.05) is 12.4 Å². The molecule has 0 saturated carbocycles. The minimum absolute atomic E-state index is 0.00785. The van der Waals surface area contributed by atoms with Gasteiger partial charge >= 0.3 is 0 Å². The second-order valence-electron chi connectivity index (χ2n) is 7.58. The van der Waals surface area contributed by atoms with Crippen molar-refractivity contribution < 1.29 is 9.59 Å². The maximum Gasteiger partial charge on any atom is 0.246 e. The Hall–Kier alpha value is -3.41. The molecule has 0 radical (unpaired) electrons. The molecular weight excluding hydrogens is 364 g/mol. The van der Waals surface area contributed by atoms with Crippen molar-refractivity contribution in [1.82, 2.24) is 14.9 Å². The molecule has 0 fully saturated rings. The fourth-order valence-corrected chi connectivity index (χ4v) is 3.66. The minimum Gasteiger partial charge on any atom is -0.361 e. The lowest BCUT2D eigenvalue weighted by atomic mass is 10.0. The van der Waals surface area contributed by atoms with E-state index in [9.17, 15) is 9.59 Å². The summed E-state index contributed by atoms with van der Waals surface area (Å²) in [5.41, 5.74) is 5.21. The van der Waals surface area contributed by atoms with Crippen molar-refractivity contribution in [2.45, 2.75) is 32.7 Å². The lowest BCUT2D eigenvalue weighted by Crippen LogP contribution is -2.27. The second kappa shape index (κ2) is 7.54. The highest BCUT2D eigenvalue weighted by Gasteiger charge is 2.19. The molecule has 0 aliphatic carbocycles. The van der Waals surface area contributed by atoms with Gasteiger partial charge in [-0.25, -0.2) is 4.98 Å². The van der Waals surface area contributed by atoms with Gasteiger partial charge in [0.2, 0.25) is 11.8 Å². The first-order valence-electron chi connectivity index (χ1n) is 9.73. The Morgan fingerprint density at radius 3 is 2.93 bits per heavy atom. The van der Waals surface area contributed by atoms with Gasteiger partial charge in [0.25, 0.3) is 0 Å². The van der Waals surface area contributed by atoms with Gasteiger partial charge in [0.1, 0.15) is 5.82 Å². The Morgan fingerprint density at radius 2 is 2.10 bits per heavy atom. The average molecular weight is 388 g/mol. The monoisotopic (exact) mass is 388 g/mol. The van der Waals surface area contributed by atoms with E-state index in [0.29, 0.717) is 18.7 Å². The van der Waals surface area contributed by atoms with Gasteiger partial charge in [0.15, 0.2) is 0 Å². The van der Waals surface area contributed by atoms with Crippen LogP contribution < -0.4 is 5.32 Å². The largest absolute Gasteiger partial charge is 0.361 e. The van der Waals surface area contributed by atoms with Crippen LogP contribution in [0.2, 0.25) is 0 Å². The van der Waals surface area contributed by atoms with Crippen molar-refractivity contribution in [3.63, 3.8) is 0 Å². The van der Waals surface area contributed by atoms with Crippen LogP contribution in [0.25, 0.3) is 17.0 Å². The Morgan fingerprint density at radius 1 is 1.28 bits per heavy atom. The zero-order valence-electron chi connectivity index (χ0n) is 16.8. The van der Waals surface area contributed by atoms with Gasteiger partial charge in [-0.15, -0.1) is 0 Å². The summed E-state index contributed by atoms with van der Waals surface area (Å²) in [7, 11) is 1.81. The summed E-state index contributed by atoms with van der Waals surface area (Å²) in [6.07, 6.45) is 8.11. The third-order valence-corrected chi connectivity index (χ3v) is 5.53. The summed E-state index contributed by atoms with van der Waals surface area (Å²) in [6.45, 7) is 4.09. The lowest BCUT2D eigenvalue weighted by Gasteiger charge is -2.23. The first-order chi connectivity index (χ1) is 13.9. The number of pyridine rings is 1. The van der Waals surface area contributed by atoms with E-state index in [4.69, 9.17) is 0 Å². The number of aromatic amines is 1. The number of nitrogens with one attached hydrogen (secondary N) is 2. The SMILES string of the molecule is Cc1ccc2c(C(C)N(C)C(=O)/C=C/c3cnc4c(c3)CCC(=O)N4)c[nH]c2c1. The zero-order valence-corrected chi connectivity index (χ0v) is 16.8. The van der Waals surface area contributed by atoms with Gasteiger partial charge in [-0.3, -0.25) is 9.59 Å². The molecule has 0 spiro atoms. The van der Waals surface area contributed by atoms with Gasteiger partial charge in [-0.2, -0.15) is 0 Å². The molecule has 3 aromatic rings. The van der Waals surface area contributed by atoms with Gasteiger partial charge < -0.3 is 15.2 Å². The van der Waals surface area contributed by atoms with Crippen LogP contribution in [0.1, 0.15) is 41.6 Å². The van der Waals surface area contributed by atoms with E-state index in [-0.39, 0.29) is 17.9 Å². The quantitative estimate of drug-likeness (QED) is 0.664. The number of benzene rings is 1. The van der Waals surface area contributed by atoms with Crippen LogP contribution in [0.5, 0.6) is 0 Å². The van der Waals surface area contributed by atoms with Crippen molar-refractivity contribution in [1.29, 1.82) is 0 Å². The van der Waals surface area contributed by atoms with Crippen LogP contribution in [0.15, 0.2) is 42.7 Å². The molecule has 1 unspecified atom stereocenters. The van der Waals surface area contributed by atoms with E-state index >= 15 is 0 Å². The van der Waals surface area contributed by atoms with Crippen LogP contribution in [0.3, 0.4) is 0 Å². The first-order valence-corrected chi connectivity index (χ1v) is 9.73. The minimum atomic E-state index is -0.0787. The van der Waals surface area contributed by atoms with E-state index in [1.807, 2.05) is 26.2 Å². The number of carbonyl (C=O) groups excluding carboxylic acids is 2. The standard InChI is InChI=1S/C23H24N4O2/c1-14-4-7-18-19(13-24-20(18)10-14)15(2)27(3)22(29)9-5-16-11-17-6-8-21(28)26-23(17)25-12-16/h4-5,7,9-13,15,24H,6,8H2,1-3H3,(H,25,26,28)/b9-5+. The molecule has 6 heteroatoms. The number of aryl methyl sites for hydroxylation is 2. The topological polar surface area (TPSA) is 78.1 Å². The molecule has 1 aromatic carbocycles. The molecule has 2 N–H and O–H groups in total. The number of nitrogens with zero attached hydrogens (tertiary/aromatic N) is 2. The van der Waals surface area contributed by atoms with Crippen molar-refractivity contribution in [3.05, 3.63) is 65.0 Å². The molecule has 0 saturated heterocycles. The predicted molar refractivity (Wildman–Crippen MR) is 114 cm³/mol. The Labute approximate surface area is 169 Å². The van der Waals surface area contributed by atoms with Gasteiger partial charge in [0.05, 0.1) is 6.04 Å². The number of fused-ring (bicyclic) bond motifs is 2. The molecule has 1 aliphatic rings. The number of carbonyl (C=O) groups is 2. The summed E-state index contributed by atoms with van der Waals surface area (Å²) >= 11 is 0. The molecule has 1 aliphatic heterocycles. The number of rotatable bonds is 4. The fourth-order valence-electron chi connectivity index (χ4n) is 3.66. The Kier molecular flexibility index (Phi) is 4.92. The normalized spacial score (nSPS) is 14.7. The second-order valence-corrected chi connectivity index (χ2v) is 7.58. The molecule has 0 bridgehead atoms. The number of anilines is 1. The highest BCUT2D eigenvalue weighted by atomic mass is 16.2. The molecular formula is C23H24N4O2. The fraction of sp³-hybridized carbons (Fsp3) is 0.261. The zero-order chi connectivity index (χ0) is 20.5. The molecule has 1 atom stereocenters. The molecule has 3 heterocycles. The predicted octanol–water partition coefficient (Wildman–Crippen LogP) is 3.99. The highest BCUT2D eigenvalue weighted by Crippen LogP contribution is 2.28. The average Bonchev–Trinajstić information content (AvgIpc) is 3.13. The smallest absolute Gasteiger partial charge is 0.246 e. The summed E-state index contributed by atoms with van der Waals surface area (Å²) in [4.78, 5) is 33.5. The number of likely N-dealkylation sites (N-methyl/N-ethyl adjacent to an activating group) is 1. The van der Waals surface area contributed by atoms with Crippen molar-refractivity contribution >= 4 is 34.6 Å². The summed E-state index contributed by atoms with van der Waals surface area (Å²) in [5, 5.41) is 3.90. The van der Waals surface area contributed by atoms with Crippen LogP contribution in [0.4, 0.5) is 5.82 Å². The molecule has 148 valence electrons. The molecule has 2 amide bonds. The molecule has 29 heavy (non-hydrogen) atoms. The number of hydrogen-bond donors (Lipinski definition) is 2. The third-order valence-electron chi connectivity index (χ3n) is 5.53. The highest BCUT2D eigenvalue weighted by molar-refractivity contribution is 5.94. The van der Waals surface area contributed by atoms with Gasteiger partial charge in [-0.1, -0.05) is 12.1 Å². The Bertz CT molecular complexity index is 1130. The van der Waals surface area contributed by atoms with E-state index < -0.39 is 0 Å². The Balaban J connectivity index is 1.49. The third kappa shape index (κ3) is 3.78. The van der Waals surface area contributed by atoms with Gasteiger partial charge in [-0.05, 0) is 60.7 Å². The number of H-pyrrole nitrogens is 1. The van der Waals surface area contributed by atoms with Crippen LogP contribution >= 0.6 is 0 Å². The van der Waals surface area contributed by atoms with E-state index in [2.05, 4.69) is 40.4 Å². The lowest BCUT2D eigenvalue weighted by molar-refractivity contribution is -0.126. The molecule has 2 aromatic heterocycles. The summed E-state index contributed by atoms with van der Waals surface area (Å²) < 4.78 is 0. The van der Waals surface area contributed by atoms with Crippen LogP contribution in [-0.4, -0.2) is 33.7 Å². The maximum atomic E-state index is 12.7. The number of aromatic nitrogens is 2. The van der Waals surface area contributed by atoms with Crippen LogP contribution in [0, 0.1) is 6.92 Å².